The molecule has 8 nitrogen and oxygen atoms in total. The minimum atomic E-state index is -0.451. The molecule has 1 atom stereocenters. The van der Waals surface area contributed by atoms with Gasteiger partial charge in [-0.25, -0.2) is 4.98 Å². The monoisotopic (exact) mass is 422 g/mol. The lowest BCUT2D eigenvalue weighted by Gasteiger charge is -2.12. The minimum absolute atomic E-state index is 0.177. The van der Waals surface area contributed by atoms with Crippen molar-refractivity contribution in [2.24, 2.45) is 0 Å². The number of amides is 1. The van der Waals surface area contributed by atoms with E-state index in [4.69, 9.17) is 13.6 Å². The predicted octanol–water partition coefficient (Wildman–Crippen LogP) is 4.52. The van der Waals surface area contributed by atoms with E-state index in [2.05, 4.69) is 20.5 Å². The van der Waals surface area contributed by atoms with Gasteiger partial charge in [-0.05, 0) is 55.5 Å². The number of hydrogen-bond acceptors (Lipinski definition) is 8. The van der Waals surface area contributed by atoms with Crippen molar-refractivity contribution < 1.29 is 18.4 Å². The van der Waals surface area contributed by atoms with E-state index in [1.165, 1.54) is 11.8 Å². The smallest absolute Gasteiger partial charge is 0.237 e. The lowest BCUT2D eigenvalue weighted by molar-refractivity contribution is -0.115. The van der Waals surface area contributed by atoms with Gasteiger partial charge in [-0.2, -0.15) is 0 Å². The topological polar surface area (TPSA) is 103 Å². The lowest BCUT2D eigenvalue weighted by Crippen LogP contribution is -2.22. The first-order valence-corrected chi connectivity index (χ1v) is 9.96. The van der Waals surface area contributed by atoms with Gasteiger partial charge in [0.15, 0.2) is 17.2 Å². The number of rotatable bonds is 7. The van der Waals surface area contributed by atoms with Crippen LogP contribution >= 0.6 is 11.8 Å². The largest absolute Gasteiger partial charge is 0.497 e. The maximum atomic E-state index is 12.6. The minimum Gasteiger partial charge on any atom is -0.497 e. The van der Waals surface area contributed by atoms with Crippen molar-refractivity contribution in [3.63, 3.8) is 0 Å². The molecule has 0 aliphatic carbocycles. The van der Waals surface area contributed by atoms with Crippen LogP contribution in [0.3, 0.4) is 0 Å². The first-order valence-electron chi connectivity index (χ1n) is 9.08. The first-order chi connectivity index (χ1) is 14.6. The van der Waals surface area contributed by atoms with Gasteiger partial charge in [0.2, 0.25) is 11.1 Å². The van der Waals surface area contributed by atoms with E-state index in [1.807, 2.05) is 0 Å². The Morgan fingerprint density at radius 1 is 1.00 bits per heavy atom. The standard InChI is InChI=1S/C21H18N4O4S/c1-13(20(26)22-14-7-9-15(27-2)10-8-14)30-21-23-18(16-5-3-11-28-16)19(24-25-21)17-6-4-12-29-17/h3-13H,1-2H3,(H,22,26). The van der Waals surface area contributed by atoms with Crippen molar-refractivity contribution in [1.82, 2.24) is 15.2 Å². The molecule has 1 amide bonds. The van der Waals surface area contributed by atoms with Crippen LogP contribution in [0.4, 0.5) is 5.69 Å². The molecule has 0 aliphatic heterocycles. The van der Waals surface area contributed by atoms with Crippen molar-refractivity contribution in [2.45, 2.75) is 17.3 Å². The average molecular weight is 422 g/mol. The number of carbonyl (C=O) groups excluding carboxylic acids is 1. The van der Waals surface area contributed by atoms with Gasteiger partial charge < -0.3 is 18.9 Å². The van der Waals surface area contributed by atoms with E-state index in [9.17, 15) is 4.79 Å². The third kappa shape index (κ3) is 4.36. The van der Waals surface area contributed by atoms with Crippen LogP contribution in [-0.4, -0.2) is 33.4 Å². The van der Waals surface area contributed by atoms with Crippen LogP contribution in [0.2, 0.25) is 0 Å². The van der Waals surface area contributed by atoms with Gasteiger partial charge in [-0.3, -0.25) is 4.79 Å². The third-order valence-electron chi connectivity index (χ3n) is 4.19. The fourth-order valence-electron chi connectivity index (χ4n) is 2.66. The summed E-state index contributed by atoms with van der Waals surface area (Å²) in [7, 11) is 1.59. The summed E-state index contributed by atoms with van der Waals surface area (Å²) in [5.41, 5.74) is 1.64. The molecular formula is C21H18N4O4S. The first kappa shape index (κ1) is 19.7. The molecule has 0 saturated carbocycles. The number of hydrogen-bond donors (Lipinski definition) is 1. The maximum absolute atomic E-state index is 12.6. The van der Waals surface area contributed by atoms with Crippen LogP contribution in [0.15, 0.2) is 75.0 Å². The second-order valence-electron chi connectivity index (χ2n) is 6.22. The number of furan rings is 2. The highest BCUT2D eigenvalue weighted by molar-refractivity contribution is 8.00. The summed E-state index contributed by atoms with van der Waals surface area (Å²) in [5.74, 6) is 1.61. The molecule has 0 saturated heterocycles. The average Bonchev–Trinajstić information content (AvgIpc) is 3.48. The van der Waals surface area contributed by atoms with Crippen LogP contribution in [0, 0.1) is 0 Å². The van der Waals surface area contributed by atoms with E-state index in [0.29, 0.717) is 33.8 Å². The zero-order chi connectivity index (χ0) is 20.9. The van der Waals surface area contributed by atoms with Crippen LogP contribution < -0.4 is 10.1 Å². The number of nitrogens with zero attached hydrogens (tertiary/aromatic N) is 3. The molecular weight excluding hydrogens is 404 g/mol. The second kappa shape index (κ2) is 8.83. The number of carbonyl (C=O) groups is 1. The number of anilines is 1. The Morgan fingerprint density at radius 2 is 1.67 bits per heavy atom. The van der Waals surface area contributed by atoms with Gasteiger partial charge in [0.25, 0.3) is 0 Å². The van der Waals surface area contributed by atoms with Gasteiger partial charge in [0.05, 0.1) is 24.9 Å². The second-order valence-corrected chi connectivity index (χ2v) is 7.53. The Labute approximate surface area is 176 Å². The molecule has 4 aromatic rings. The molecule has 0 aliphatic rings. The Bertz CT molecular complexity index is 1110. The fourth-order valence-corrected chi connectivity index (χ4v) is 3.37. The zero-order valence-corrected chi connectivity index (χ0v) is 17.1. The predicted molar refractivity (Wildman–Crippen MR) is 112 cm³/mol. The van der Waals surface area contributed by atoms with Gasteiger partial charge >= 0.3 is 0 Å². The summed E-state index contributed by atoms with van der Waals surface area (Å²) in [6.07, 6.45) is 3.11. The number of thioether (sulfide) groups is 1. The third-order valence-corrected chi connectivity index (χ3v) is 5.14. The molecule has 0 radical (unpaired) electrons. The highest BCUT2D eigenvalue weighted by Gasteiger charge is 2.21. The van der Waals surface area contributed by atoms with Gasteiger partial charge in [0, 0.05) is 5.69 Å². The molecule has 0 bridgehead atoms. The Kier molecular flexibility index (Phi) is 5.80. The zero-order valence-electron chi connectivity index (χ0n) is 16.2. The van der Waals surface area contributed by atoms with Gasteiger partial charge in [-0.1, -0.05) is 11.8 Å². The molecule has 3 heterocycles. The summed E-state index contributed by atoms with van der Waals surface area (Å²) in [6, 6.07) is 14.2. The summed E-state index contributed by atoms with van der Waals surface area (Å²) in [6.45, 7) is 1.78. The molecule has 4 rings (SSSR count). The normalized spacial score (nSPS) is 11.8. The summed E-state index contributed by atoms with van der Waals surface area (Å²) < 4.78 is 16.1. The van der Waals surface area contributed by atoms with E-state index in [-0.39, 0.29) is 5.91 Å². The molecule has 30 heavy (non-hydrogen) atoms. The molecule has 0 spiro atoms. The molecule has 3 aromatic heterocycles. The van der Waals surface area contributed by atoms with Gasteiger partial charge in [0.1, 0.15) is 11.4 Å². The van der Waals surface area contributed by atoms with E-state index in [1.54, 1.807) is 75.1 Å². The fraction of sp³-hybridized carbons (Fsp3) is 0.143. The van der Waals surface area contributed by atoms with Crippen LogP contribution in [0.5, 0.6) is 5.75 Å². The highest BCUT2D eigenvalue weighted by Crippen LogP contribution is 2.31. The molecule has 1 aromatic carbocycles. The molecule has 152 valence electrons. The molecule has 1 unspecified atom stereocenters. The number of ether oxygens (including phenoxy) is 1. The molecule has 0 fully saturated rings. The van der Waals surface area contributed by atoms with Crippen molar-refractivity contribution >= 4 is 23.4 Å². The van der Waals surface area contributed by atoms with Gasteiger partial charge in [-0.15, -0.1) is 10.2 Å². The summed E-state index contributed by atoms with van der Waals surface area (Å²) >= 11 is 1.20. The Morgan fingerprint density at radius 3 is 2.27 bits per heavy atom. The number of aromatic nitrogens is 3. The van der Waals surface area contributed by atoms with Crippen molar-refractivity contribution in [3.8, 4) is 28.7 Å². The van der Waals surface area contributed by atoms with E-state index in [0.717, 1.165) is 5.75 Å². The van der Waals surface area contributed by atoms with Crippen LogP contribution in [0.25, 0.3) is 22.9 Å². The number of methoxy groups -OCH3 is 1. The quantitative estimate of drug-likeness (QED) is 0.434. The molecule has 1 N–H and O–H groups in total. The van der Waals surface area contributed by atoms with E-state index < -0.39 is 5.25 Å². The van der Waals surface area contributed by atoms with E-state index >= 15 is 0 Å². The SMILES string of the molecule is COc1ccc(NC(=O)C(C)Sc2nnc(-c3ccco3)c(-c3ccco3)n2)cc1. The Balaban J connectivity index is 1.52. The van der Waals surface area contributed by atoms with Crippen molar-refractivity contribution in [1.29, 1.82) is 0 Å². The van der Waals surface area contributed by atoms with Crippen molar-refractivity contribution in [3.05, 3.63) is 61.1 Å². The number of benzene rings is 1. The van der Waals surface area contributed by atoms with Crippen LogP contribution in [-0.2, 0) is 4.79 Å². The summed E-state index contributed by atoms with van der Waals surface area (Å²) in [5, 5.41) is 11.2. The molecule has 9 heteroatoms. The van der Waals surface area contributed by atoms with Crippen LogP contribution in [0.1, 0.15) is 6.92 Å². The summed E-state index contributed by atoms with van der Waals surface area (Å²) in [4.78, 5) is 17.1. The Hall–Kier alpha value is -3.59. The lowest BCUT2D eigenvalue weighted by atomic mass is 10.2. The highest BCUT2D eigenvalue weighted by atomic mass is 32.2. The number of nitrogens with one attached hydrogen (secondary N) is 1. The maximum Gasteiger partial charge on any atom is 0.237 e. The van der Waals surface area contributed by atoms with Crippen molar-refractivity contribution in [2.75, 3.05) is 12.4 Å².